The van der Waals surface area contributed by atoms with Gasteiger partial charge in [0.1, 0.15) is 11.1 Å². The molecule has 0 unspecified atom stereocenters. The molecule has 11 heteroatoms. The van der Waals surface area contributed by atoms with Crippen LogP contribution in [-0.4, -0.2) is 78.0 Å². The first-order valence-electron chi connectivity index (χ1n) is 10.0. The standard InChI is InChI=1S/C20H25N7O4/c1-13-14(12-21-27(13)18-22-16(28)15-6-5-7-26(15)23-18)17(29)24-8-10-25(11-9-24)19(30)31-20(2,3)4/h5-7,12H,8-11H2,1-4H3,(H,22,23,28). The van der Waals surface area contributed by atoms with Gasteiger partial charge in [-0.25, -0.2) is 14.0 Å². The number of hydrogen-bond donors (Lipinski definition) is 1. The van der Waals surface area contributed by atoms with Crippen LogP contribution in [-0.2, 0) is 4.74 Å². The highest BCUT2D eigenvalue weighted by Gasteiger charge is 2.29. The van der Waals surface area contributed by atoms with E-state index in [-0.39, 0.29) is 23.5 Å². The summed E-state index contributed by atoms with van der Waals surface area (Å²) in [4.78, 5) is 43.5. The van der Waals surface area contributed by atoms with Gasteiger partial charge in [-0.2, -0.15) is 5.10 Å². The number of carbonyl (C=O) groups is 2. The van der Waals surface area contributed by atoms with E-state index in [9.17, 15) is 14.4 Å². The van der Waals surface area contributed by atoms with Crippen LogP contribution in [0.2, 0.25) is 0 Å². The SMILES string of the molecule is Cc1c(C(=O)N2CCN(C(=O)OC(C)(C)C)CC2)cnn1-c1nn2cccc2c(=O)[nH]1. The maximum Gasteiger partial charge on any atom is 0.410 e. The number of nitrogens with zero attached hydrogens (tertiary/aromatic N) is 6. The molecular formula is C20H25N7O4. The molecule has 0 aromatic carbocycles. The molecule has 2 amide bonds. The third-order valence-electron chi connectivity index (χ3n) is 5.05. The van der Waals surface area contributed by atoms with E-state index >= 15 is 0 Å². The zero-order chi connectivity index (χ0) is 22.3. The molecule has 4 heterocycles. The van der Waals surface area contributed by atoms with Crippen LogP contribution in [0.4, 0.5) is 4.79 Å². The molecule has 0 spiro atoms. The highest BCUT2D eigenvalue weighted by molar-refractivity contribution is 5.95. The molecule has 0 aliphatic carbocycles. The number of hydrogen-bond acceptors (Lipinski definition) is 6. The van der Waals surface area contributed by atoms with E-state index in [4.69, 9.17) is 4.74 Å². The van der Waals surface area contributed by atoms with Crippen molar-refractivity contribution in [3.05, 3.63) is 46.1 Å². The molecule has 1 saturated heterocycles. The monoisotopic (exact) mass is 427 g/mol. The molecule has 11 nitrogen and oxygen atoms in total. The van der Waals surface area contributed by atoms with Gasteiger partial charge in [-0.15, -0.1) is 5.10 Å². The average molecular weight is 427 g/mol. The van der Waals surface area contributed by atoms with Gasteiger partial charge in [-0.1, -0.05) is 0 Å². The van der Waals surface area contributed by atoms with Gasteiger partial charge in [0.15, 0.2) is 0 Å². The van der Waals surface area contributed by atoms with E-state index in [1.807, 2.05) is 20.8 Å². The summed E-state index contributed by atoms with van der Waals surface area (Å²) < 4.78 is 8.30. The molecule has 0 saturated carbocycles. The molecule has 0 atom stereocenters. The molecule has 1 aliphatic heterocycles. The fraction of sp³-hybridized carbons (Fsp3) is 0.450. The number of amides is 2. The first kappa shape index (κ1) is 20.6. The Hall–Kier alpha value is -3.63. The summed E-state index contributed by atoms with van der Waals surface area (Å²) in [6.07, 6.45) is 2.76. The summed E-state index contributed by atoms with van der Waals surface area (Å²) >= 11 is 0. The molecular weight excluding hydrogens is 402 g/mol. The fourth-order valence-electron chi connectivity index (χ4n) is 3.45. The molecule has 3 aromatic heterocycles. The number of aromatic amines is 1. The molecule has 0 bridgehead atoms. The Morgan fingerprint density at radius 1 is 1.13 bits per heavy atom. The Morgan fingerprint density at radius 2 is 1.81 bits per heavy atom. The van der Waals surface area contributed by atoms with Crippen LogP contribution in [0.1, 0.15) is 36.8 Å². The second-order valence-electron chi connectivity index (χ2n) is 8.43. The lowest BCUT2D eigenvalue weighted by atomic mass is 10.2. The van der Waals surface area contributed by atoms with E-state index in [1.165, 1.54) is 15.4 Å². The molecule has 4 rings (SSSR count). The van der Waals surface area contributed by atoms with Crippen molar-refractivity contribution in [2.45, 2.75) is 33.3 Å². The van der Waals surface area contributed by atoms with Crippen molar-refractivity contribution in [2.75, 3.05) is 26.2 Å². The van der Waals surface area contributed by atoms with E-state index in [1.54, 1.807) is 35.1 Å². The molecule has 0 radical (unpaired) electrons. The van der Waals surface area contributed by atoms with E-state index in [0.717, 1.165) is 0 Å². The molecule has 3 aromatic rings. The normalized spacial score (nSPS) is 14.8. The van der Waals surface area contributed by atoms with Gasteiger partial charge in [0.05, 0.1) is 17.5 Å². The van der Waals surface area contributed by atoms with Gasteiger partial charge in [0, 0.05) is 32.4 Å². The van der Waals surface area contributed by atoms with Crippen molar-refractivity contribution in [1.29, 1.82) is 0 Å². The predicted octanol–water partition coefficient (Wildman–Crippen LogP) is 1.21. The van der Waals surface area contributed by atoms with E-state index in [2.05, 4.69) is 15.2 Å². The van der Waals surface area contributed by atoms with Gasteiger partial charge in [-0.05, 0) is 39.8 Å². The van der Waals surface area contributed by atoms with Crippen molar-refractivity contribution in [2.24, 2.45) is 0 Å². The van der Waals surface area contributed by atoms with Gasteiger partial charge in [0.25, 0.3) is 11.5 Å². The van der Waals surface area contributed by atoms with Crippen LogP contribution in [0.15, 0.2) is 29.3 Å². The second kappa shape index (κ2) is 7.56. The lowest BCUT2D eigenvalue weighted by Gasteiger charge is -2.35. The number of aromatic nitrogens is 5. The third kappa shape index (κ3) is 4.03. The van der Waals surface area contributed by atoms with Crippen LogP contribution in [0.25, 0.3) is 11.5 Å². The Bertz CT molecular complexity index is 1190. The van der Waals surface area contributed by atoms with Gasteiger partial charge in [0.2, 0.25) is 5.95 Å². The first-order chi connectivity index (χ1) is 14.6. The quantitative estimate of drug-likeness (QED) is 0.657. The maximum absolute atomic E-state index is 13.0. The zero-order valence-corrected chi connectivity index (χ0v) is 18.0. The number of piperazine rings is 1. The first-order valence-corrected chi connectivity index (χ1v) is 10.0. The average Bonchev–Trinajstić information content (AvgIpc) is 3.33. The Balaban J connectivity index is 1.49. The topological polar surface area (TPSA) is 118 Å². The lowest BCUT2D eigenvalue weighted by Crippen LogP contribution is -2.51. The zero-order valence-electron chi connectivity index (χ0n) is 18.0. The summed E-state index contributed by atoms with van der Waals surface area (Å²) in [5, 5.41) is 8.61. The van der Waals surface area contributed by atoms with Crippen molar-refractivity contribution in [3.63, 3.8) is 0 Å². The summed E-state index contributed by atoms with van der Waals surface area (Å²) in [7, 11) is 0. The molecule has 1 aliphatic rings. The van der Waals surface area contributed by atoms with Crippen molar-refractivity contribution >= 4 is 17.5 Å². The highest BCUT2D eigenvalue weighted by atomic mass is 16.6. The minimum Gasteiger partial charge on any atom is -0.444 e. The third-order valence-corrected chi connectivity index (χ3v) is 5.05. The summed E-state index contributed by atoms with van der Waals surface area (Å²) in [5.74, 6) is 0.0389. The largest absolute Gasteiger partial charge is 0.444 e. The Labute approximate surface area is 178 Å². The van der Waals surface area contributed by atoms with Gasteiger partial charge < -0.3 is 14.5 Å². The summed E-state index contributed by atoms with van der Waals surface area (Å²) in [5.41, 5.74) is 0.549. The van der Waals surface area contributed by atoms with E-state index < -0.39 is 5.60 Å². The van der Waals surface area contributed by atoms with Crippen LogP contribution < -0.4 is 5.56 Å². The number of fused-ring (bicyclic) bond motifs is 1. The number of carbonyl (C=O) groups excluding carboxylic acids is 2. The second-order valence-corrected chi connectivity index (χ2v) is 8.43. The molecule has 1 fully saturated rings. The van der Waals surface area contributed by atoms with Gasteiger partial charge >= 0.3 is 6.09 Å². The molecule has 1 N–H and O–H groups in total. The van der Waals surface area contributed by atoms with Crippen LogP contribution in [0.5, 0.6) is 0 Å². The van der Waals surface area contributed by atoms with Crippen LogP contribution >= 0.6 is 0 Å². The lowest BCUT2D eigenvalue weighted by molar-refractivity contribution is 0.0140. The maximum atomic E-state index is 13.0. The van der Waals surface area contributed by atoms with E-state index in [0.29, 0.717) is 43.0 Å². The molecule has 164 valence electrons. The van der Waals surface area contributed by atoms with Crippen molar-refractivity contribution < 1.29 is 14.3 Å². The van der Waals surface area contributed by atoms with Crippen molar-refractivity contribution in [1.82, 2.24) is 34.2 Å². The number of H-pyrrole nitrogens is 1. The molecule has 31 heavy (non-hydrogen) atoms. The highest BCUT2D eigenvalue weighted by Crippen LogP contribution is 2.16. The number of rotatable bonds is 2. The van der Waals surface area contributed by atoms with Gasteiger partial charge in [-0.3, -0.25) is 14.6 Å². The fourth-order valence-corrected chi connectivity index (χ4v) is 3.45. The van der Waals surface area contributed by atoms with Crippen molar-refractivity contribution in [3.8, 4) is 5.95 Å². The smallest absolute Gasteiger partial charge is 0.410 e. The minimum atomic E-state index is -0.561. The number of nitrogens with one attached hydrogen (secondary N) is 1. The van der Waals surface area contributed by atoms with Crippen LogP contribution in [0.3, 0.4) is 0 Å². The Kier molecular flexibility index (Phi) is 5.03. The summed E-state index contributed by atoms with van der Waals surface area (Å²) in [6, 6.07) is 3.39. The predicted molar refractivity (Wildman–Crippen MR) is 111 cm³/mol. The number of ether oxygens (including phenoxy) is 1. The summed E-state index contributed by atoms with van der Waals surface area (Å²) in [6.45, 7) is 8.79. The van der Waals surface area contributed by atoms with Crippen LogP contribution in [0, 0.1) is 6.92 Å². The Morgan fingerprint density at radius 3 is 2.48 bits per heavy atom. The minimum absolute atomic E-state index is 0.183.